The Morgan fingerprint density at radius 1 is 1.12 bits per heavy atom. The van der Waals surface area contributed by atoms with Crippen LogP contribution in [0.25, 0.3) is 11.3 Å². The largest absolute Gasteiger partial charge is 0.508 e. The van der Waals surface area contributed by atoms with Crippen molar-refractivity contribution in [3.63, 3.8) is 0 Å². The molecular weight excluding hydrogens is 198 g/mol. The topological polar surface area (TPSA) is 33.1 Å². The average Bonchev–Trinajstić information content (AvgIpc) is 3.13. The molecule has 0 aliphatic heterocycles. The van der Waals surface area contributed by atoms with Crippen molar-refractivity contribution in [1.82, 2.24) is 4.98 Å². The number of hydrogen-bond donors (Lipinski definition) is 1. The van der Waals surface area contributed by atoms with Crippen LogP contribution in [0.15, 0.2) is 42.6 Å². The molecule has 1 aromatic carbocycles. The van der Waals surface area contributed by atoms with E-state index in [0.29, 0.717) is 0 Å². The van der Waals surface area contributed by atoms with Gasteiger partial charge in [-0.25, -0.2) is 0 Å². The van der Waals surface area contributed by atoms with E-state index in [0.717, 1.165) is 17.2 Å². The van der Waals surface area contributed by atoms with E-state index in [-0.39, 0.29) is 5.75 Å². The molecule has 1 heterocycles. The van der Waals surface area contributed by atoms with Crippen molar-refractivity contribution in [2.75, 3.05) is 0 Å². The molecule has 1 fully saturated rings. The van der Waals surface area contributed by atoms with E-state index in [1.807, 2.05) is 24.4 Å². The van der Waals surface area contributed by atoms with Gasteiger partial charge in [-0.15, -0.1) is 0 Å². The molecule has 0 unspecified atom stereocenters. The monoisotopic (exact) mass is 211 g/mol. The van der Waals surface area contributed by atoms with Crippen molar-refractivity contribution in [1.29, 1.82) is 0 Å². The van der Waals surface area contributed by atoms with Crippen molar-refractivity contribution in [2.24, 2.45) is 0 Å². The molecule has 0 spiro atoms. The van der Waals surface area contributed by atoms with Gasteiger partial charge in [-0.2, -0.15) is 0 Å². The fraction of sp³-hybridized carbons (Fsp3) is 0.214. The molecule has 3 rings (SSSR count). The van der Waals surface area contributed by atoms with Crippen LogP contribution < -0.4 is 0 Å². The van der Waals surface area contributed by atoms with Gasteiger partial charge in [0.2, 0.25) is 0 Å². The minimum absolute atomic E-state index is 0.283. The Hall–Kier alpha value is -1.83. The Kier molecular flexibility index (Phi) is 2.13. The zero-order valence-electron chi connectivity index (χ0n) is 8.93. The molecule has 1 N–H and O–H groups in total. The Morgan fingerprint density at radius 3 is 2.62 bits per heavy atom. The minimum atomic E-state index is 0.283. The molecule has 1 aliphatic carbocycles. The number of phenols is 1. The third kappa shape index (κ3) is 1.78. The van der Waals surface area contributed by atoms with Crippen molar-refractivity contribution in [3.8, 4) is 17.0 Å². The van der Waals surface area contributed by atoms with Crippen LogP contribution in [0.1, 0.15) is 24.3 Å². The van der Waals surface area contributed by atoms with Crippen LogP contribution in [0.4, 0.5) is 0 Å². The summed E-state index contributed by atoms with van der Waals surface area (Å²) in [7, 11) is 0. The van der Waals surface area contributed by atoms with Gasteiger partial charge in [0.15, 0.2) is 0 Å². The molecule has 0 saturated heterocycles. The first kappa shape index (κ1) is 9.40. The molecule has 2 heteroatoms. The smallest absolute Gasteiger partial charge is 0.116 e. The lowest BCUT2D eigenvalue weighted by atomic mass is 10.1. The Morgan fingerprint density at radius 2 is 2.00 bits per heavy atom. The van der Waals surface area contributed by atoms with Gasteiger partial charge in [0.1, 0.15) is 5.75 Å². The quantitative estimate of drug-likeness (QED) is 0.826. The number of nitrogens with zero attached hydrogens (tertiary/aromatic N) is 1. The minimum Gasteiger partial charge on any atom is -0.508 e. The van der Waals surface area contributed by atoms with Gasteiger partial charge < -0.3 is 5.11 Å². The number of benzene rings is 1. The van der Waals surface area contributed by atoms with Crippen LogP contribution in [-0.4, -0.2) is 10.1 Å². The summed E-state index contributed by atoms with van der Waals surface area (Å²) >= 11 is 0. The second-order valence-electron chi connectivity index (χ2n) is 4.30. The molecule has 2 aromatic rings. The maximum Gasteiger partial charge on any atom is 0.116 e. The van der Waals surface area contributed by atoms with E-state index in [1.54, 1.807) is 12.1 Å². The van der Waals surface area contributed by atoms with Gasteiger partial charge in [-0.05, 0) is 42.5 Å². The molecular formula is C14H13NO. The van der Waals surface area contributed by atoms with Crippen LogP contribution in [0, 0.1) is 0 Å². The van der Waals surface area contributed by atoms with Crippen LogP contribution in [0.5, 0.6) is 5.75 Å². The van der Waals surface area contributed by atoms with E-state index < -0.39 is 0 Å². The summed E-state index contributed by atoms with van der Waals surface area (Å²) in [6, 6.07) is 11.4. The summed E-state index contributed by atoms with van der Waals surface area (Å²) in [4.78, 5) is 4.44. The van der Waals surface area contributed by atoms with Crippen LogP contribution >= 0.6 is 0 Å². The first-order valence-corrected chi connectivity index (χ1v) is 5.58. The lowest BCUT2D eigenvalue weighted by Crippen LogP contribution is -1.86. The van der Waals surface area contributed by atoms with Crippen molar-refractivity contribution in [2.45, 2.75) is 18.8 Å². The normalized spacial score (nSPS) is 15.0. The lowest BCUT2D eigenvalue weighted by Gasteiger charge is -2.03. The summed E-state index contributed by atoms with van der Waals surface area (Å²) in [6.07, 6.45) is 4.55. The third-order valence-corrected chi connectivity index (χ3v) is 2.98. The predicted octanol–water partition coefficient (Wildman–Crippen LogP) is 3.33. The van der Waals surface area contributed by atoms with Gasteiger partial charge in [0.05, 0.1) is 5.69 Å². The van der Waals surface area contributed by atoms with E-state index in [9.17, 15) is 5.11 Å². The second-order valence-corrected chi connectivity index (χ2v) is 4.30. The highest BCUT2D eigenvalue weighted by Crippen LogP contribution is 2.39. The van der Waals surface area contributed by atoms with Gasteiger partial charge in [0, 0.05) is 11.8 Å². The van der Waals surface area contributed by atoms with Crippen LogP contribution in [0.3, 0.4) is 0 Å². The summed E-state index contributed by atoms with van der Waals surface area (Å²) < 4.78 is 0. The molecule has 16 heavy (non-hydrogen) atoms. The molecule has 0 amide bonds. The molecule has 0 radical (unpaired) electrons. The van der Waals surface area contributed by atoms with Crippen molar-refractivity contribution < 1.29 is 5.11 Å². The highest BCUT2D eigenvalue weighted by atomic mass is 16.3. The SMILES string of the molecule is Oc1cccc(-c2ccc(C3CC3)cn2)c1. The van der Waals surface area contributed by atoms with E-state index >= 15 is 0 Å². The zero-order valence-corrected chi connectivity index (χ0v) is 8.93. The first-order chi connectivity index (χ1) is 7.83. The molecule has 1 aromatic heterocycles. The van der Waals surface area contributed by atoms with Gasteiger partial charge >= 0.3 is 0 Å². The maximum absolute atomic E-state index is 9.40. The number of phenolic OH excluding ortho intramolecular Hbond substituents is 1. The van der Waals surface area contributed by atoms with Crippen LogP contribution in [0.2, 0.25) is 0 Å². The molecule has 80 valence electrons. The summed E-state index contributed by atoms with van der Waals surface area (Å²) in [5, 5.41) is 9.40. The average molecular weight is 211 g/mol. The highest BCUT2D eigenvalue weighted by Gasteiger charge is 2.23. The Bertz CT molecular complexity index is 500. The van der Waals surface area contributed by atoms with Gasteiger partial charge in [0.25, 0.3) is 0 Å². The fourth-order valence-corrected chi connectivity index (χ4v) is 1.90. The molecule has 1 saturated carbocycles. The van der Waals surface area contributed by atoms with Crippen LogP contribution in [-0.2, 0) is 0 Å². The fourth-order valence-electron chi connectivity index (χ4n) is 1.90. The number of hydrogen-bond acceptors (Lipinski definition) is 2. The Balaban J connectivity index is 1.94. The number of pyridine rings is 1. The van der Waals surface area contributed by atoms with Gasteiger partial charge in [-0.3, -0.25) is 4.98 Å². The predicted molar refractivity (Wildman–Crippen MR) is 63.3 cm³/mol. The first-order valence-electron chi connectivity index (χ1n) is 5.58. The standard InChI is InChI=1S/C14H13NO/c16-13-3-1-2-11(8-13)14-7-6-12(9-15-14)10-4-5-10/h1-3,6-10,16H,4-5H2. The second kappa shape index (κ2) is 3.63. The maximum atomic E-state index is 9.40. The third-order valence-electron chi connectivity index (χ3n) is 2.98. The number of rotatable bonds is 2. The summed E-state index contributed by atoms with van der Waals surface area (Å²) in [6.45, 7) is 0. The van der Waals surface area contributed by atoms with Crippen molar-refractivity contribution >= 4 is 0 Å². The highest BCUT2D eigenvalue weighted by molar-refractivity contribution is 5.61. The summed E-state index contributed by atoms with van der Waals surface area (Å²) in [5.41, 5.74) is 3.21. The molecule has 0 atom stereocenters. The Labute approximate surface area is 94.6 Å². The van der Waals surface area contributed by atoms with Crippen molar-refractivity contribution in [3.05, 3.63) is 48.2 Å². The molecule has 0 bridgehead atoms. The molecule has 1 aliphatic rings. The van der Waals surface area contributed by atoms with E-state index in [2.05, 4.69) is 11.1 Å². The van der Waals surface area contributed by atoms with E-state index in [4.69, 9.17) is 0 Å². The van der Waals surface area contributed by atoms with Gasteiger partial charge in [-0.1, -0.05) is 18.2 Å². The van der Waals surface area contributed by atoms with E-state index in [1.165, 1.54) is 18.4 Å². The summed E-state index contributed by atoms with van der Waals surface area (Å²) in [5.74, 6) is 1.02. The lowest BCUT2D eigenvalue weighted by molar-refractivity contribution is 0.475. The zero-order chi connectivity index (χ0) is 11.0. The molecule has 2 nitrogen and oxygen atoms in total. The number of aromatic hydroxyl groups is 1. The number of aromatic nitrogens is 1.